The number of pyridine rings is 1. The van der Waals surface area contributed by atoms with E-state index in [2.05, 4.69) is 251 Å². The minimum absolute atomic E-state index is 0.570. The number of nitrogens with zero attached hydrogens (tertiary/aromatic N) is 4. The summed E-state index contributed by atoms with van der Waals surface area (Å²) in [5.41, 5.74) is 24.4. The molecule has 0 aliphatic carbocycles. The first-order valence-corrected chi connectivity index (χ1v) is 24.1. The van der Waals surface area contributed by atoms with Crippen LogP contribution in [-0.4, -0.2) is 14.1 Å². The van der Waals surface area contributed by atoms with Crippen LogP contribution < -0.4 is 0 Å². The molecule has 3 aromatic heterocycles. The van der Waals surface area contributed by atoms with Crippen LogP contribution >= 0.6 is 0 Å². The number of benzene rings is 9. The maximum Gasteiger partial charge on any atom is 0.101 e. The molecule has 0 amide bonds. The van der Waals surface area contributed by atoms with Crippen LogP contribution in [0.15, 0.2) is 194 Å². The monoisotopic (exact) mass is 898 g/mol. The number of rotatable bonds is 7. The van der Waals surface area contributed by atoms with E-state index in [0.29, 0.717) is 5.56 Å². The third-order valence-corrected chi connectivity index (χ3v) is 14.2. The molecule has 4 heteroatoms. The summed E-state index contributed by atoms with van der Waals surface area (Å²) < 4.78 is 4.74. The average Bonchev–Trinajstić information content (AvgIpc) is 3.87. The molecule has 0 radical (unpaired) electrons. The molecular formula is C66H50N4. The predicted molar refractivity (Wildman–Crippen MR) is 293 cm³/mol. The van der Waals surface area contributed by atoms with Crippen LogP contribution in [-0.2, 0) is 0 Å². The Hall–Kier alpha value is -8.78. The van der Waals surface area contributed by atoms with Crippen LogP contribution in [0.1, 0.15) is 39.2 Å². The van der Waals surface area contributed by atoms with Gasteiger partial charge in [0.2, 0.25) is 0 Å². The third-order valence-electron chi connectivity index (χ3n) is 14.2. The second-order valence-electron chi connectivity index (χ2n) is 19.2. The van der Waals surface area contributed by atoms with Crippen molar-refractivity contribution in [3.05, 3.63) is 233 Å². The lowest BCUT2D eigenvalue weighted by molar-refractivity contribution is 1.11. The van der Waals surface area contributed by atoms with Gasteiger partial charge in [0.05, 0.1) is 39.0 Å². The second-order valence-corrected chi connectivity index (χ2v) is 19.2. The van der Waals surface area contributed by atoms with Crippen LogP contribution in [0.5, 0.6) is 0 Å². The van der Waals surface area contributed by atoms with E-state index in [4.69, 9.17) is 4.98 Å². The number of aromatic nitrogens is 3. The average molecular weight is 899 g/mol. The molecular weight excluding hydrogens is 849 g/mol. The van der Waals surface area contributed by atoms with Crippen LogP contribution in [0.25, 0.3) is 111 Å². The van der Waals surface area contributed by atoms with E-state index in [9.17, 15) is 5.26 Å². The molecule has 9 aromatic carbocycles. The quantitative estimate of drug-likeness (QED) is 0.160. The standard InChI is InChI=1S/C66H50N4/c1-40-7-15-46(16-8-40)50-23-27-56-57-28-24-51(47-17-9-41(2)10-18-47)34-63(57)69(62(56)33-50)61-38-60(54-31-44(5)68-45(6)32-54)66(37-55(61)39-67)70-64-35-52(48-19-11-42(3)12-20-48)25-29-58(64)59-30-26-53(36-65(59)70)49-21-13-43(4)14-22-49/h7-38H,1-6H3. The van der Waals surface area contributed by atoms with E-state index in [1.165, 1.54) is 22.3 Å². The molecule has 0 unspecified atom stereocenters. The Kier molecular flexibility index (Phi) is 10.2. The van der Waals surface area contributed by atoms with Crippen LogP contribution in [0, 0.1) is 52.9 Å². The molecule has 0 fully saturated rings. The SMILES string of the molecule is Cc1ccc(-c2ccc3c4ccc(-c5ccc(C)cc5)cc4n(-c4cc(-c5cc(C)nc(C)c5)c(-n5c6cc(-c7ccc(C)cc7)ccc6c6ccc(-c7ccc(C)cc7)cc65)cc4C#N)c3c2)cc1. The lowest BCUT2D eigenvalue weighted by atomic mass is 9.98. The molecule has 0 N–H and O–H groups in total. The van der Waals surface area contributed by atoms with Crippen molar-refractivity contribution in [2.75, 3.05) is 0 Å². The fourth-order valence-corrected chi connectivity index (χ4v) is 10.5. The molecule has 0 atom stereocenters. The minimum Gasteiger partial charge on any atom is -0.309 e. The maximum absolute atomic E-state index is 11.6. The van der Waals surface area contributed by atoms with Crippen molar-refractivity contribution in [3.8, 4) is 73.1 Å². The van der Waals surface area contributed by atoms with Gasteiger partial charge in [0.1, 0.15) is 6.07 Å². The van der Waals surface area contributed by atoms with Gasteiger partial charge in [-0.2, -0.15) is 5.26 Å². The van der Waals surface area contributed by atoms with E-state index < -0.39 is 0 Å². The number of nitriles is 1. The van der Waals surface area contributed by atoms with Gasteiger partial charge in [-0.05, 0) is 140 Å². The van der Waals surface area contributed by atoms with Gasteiger partial charge in [0.25, 0.3) is 0 Å². The summed E-state index contributed by atoms with van der Waals surface area (Å²) in [5, 5.41) is 16.2. The van der Waals surface area contributed by atoms with E-state index in [1.807, 2.05) is 0 Å². The van der Waals surface area contributed by atoms with E-state index >= 15 is 0 Å². The minimum atomic E-state index is 0.570. The largest absolute Gasteiger partial charge is 0.309 e. The van der Waals surface area contributed by atoms with Gasteiger partial charge < -0.3 is 9.13 Å². The smallest absolute Gasteiger partial charge is 0.101 e. The summed E-state index contributed by atoms with van der Waals surface area (Å²) in [6.45, 7) is 12.6. The molecule has 0 bridgehead atoms. The van der Waals surface area contributed by atoms with Crippen molar-refractivity contribution < 1.29 is 0 Å². The van der Waals surface area contributed by atoms with Crippen molar-refractivity contribution in [3.63, 3.8) is 0 Å². The lowest BCUT2D eigenvalue weighted by Crippen LogP contribution is -2.04. The maximum atomic E-state index is 11.6. The zero-order chi connectivity index (χ0) is 47.8. The Morgan fingerprint density at radius 2 is 0.614 bits per heavy atom. The van der Waals surface area contributed by atoms with Crippen molar-refractivity contribution in [2.24, 2.45) is 0 Å². The van der Waals surface area contributed by atoms with Crippen LogP contribution in [0.3, 0.4) is 0 Å². The van der Waals surface area contributed by atoms with Gasteiger partial charge in [-0.25, -0.2) is 0 Å². The van der Waals surface area contributed by atoms with Crippen LogP contribution in [0.4, 0.5) is 0 Å². The highest BCUT2D eigenvalue weighted by atomic mass is 15.0. The molecule has 4 nitrogen and oxygen atoms in total. The topological polar surface area (TPSA) is 46.5 Å². The summed E-state index contributed by atoms with van der Waals surface area (Å²) >= 11 is 0. The third kappa shape index (κ3) is 7.35. The van der Waals surface area contributed by atoms with E-state index in [0.717, 1.165) is 122 Å². The van der Waals surface area contributed by atoms with Crippen molar-refractivity contribution >= 4 is 43.6 Å². The first-order valence-electron chi connectivity index (χ1n) is 24.1. The predicted octanol–water partition coefficient (Wildman–Crippen LogP) is 17.3. The first kappa shape index (κ1) is 42.6. The second kappa shape index (κ2) is 16.8. The van der Waals surface area contributed by atoms with Gasteiger partial charge in [0.15, 0.2) is 0 Å². The molecule has 0 saturated heterocycles. The molecule has 12 aromatic rings. The van der Waals surface area contributed by atoms with Crippen molar-refractivity contribution in [1.82, 2.24) is 14.1 Å². The summed E-state index contributed by atoms with van der Waals surface area (Å²) in [5.74, 6) is 0. The summed E-state index contributed by atoms with van der Waals surface area (Å²) in [7, 11) is 0. The van der Waals surface area contributed by atoms with Crippen molar-refractivity contribution in [1.29, 1.82) is 5.26 Å². The van der Waals surface area contributed by atoms with Gasteiger partial charge in [-0.3, -0.25) is 4.98 Å². The Labute approximate surface area is 409 Å². The zero-order valence-corrected chi connectivity index (χ0v) is 40.3. The van der Waals surface area contributed by atoms with Gasteiger partial charge in [-0.15, -0.1) is 0 Å². The molecule has 0 spiro atoms. The highest BCUT2D eigenvalue weighted by molar-refractivity contribution is 6.13. The Bertz CT molecular complexity index is 3860. The summed E-state index contributed by atoms with van der Waals surface area (Å²) in [6.07, 6.45) is 0. The molecule has 3 heterocycles. The summed E-state index contributed by atoms with van der Waals surface area (Å²) in [6, 6.07) is 73.7. The fourth-order valence-electron chi connectivity index (χ4n) is 10.5. The Morgan fingerprint density at radius 1 is 0.314 bits per heavy atom. The molecule has 12 rings (SSSR count). The zero-order valence-electron chi connectivity index (χ0n) is 40.3. The van der Waals surface area contributed by atoms with Gasteiger partial charge in [-0.1, -0.05) is 168 Å². The number of hydrogen-bond donors (Lipinski definition) is 0. The Balaban J connectivity index is 1.20. The molecule has 70 heavy (non-hydrogen) atoms. The number of aryl methyl sites for hydroxylation is 6. The first-order chi connectivity index (χ1) is 34.1. The summed E-state index contributed by atoms with van der Waals surface area (Å²) in [4.78, 5) is 4.87. The number of hydrogen-bond acceptors (Lipinski definition) is 2. The molecule has 0 aliphatic rings. The molecule has 0 aliphatic heterocycles. The molecule has 0 saturated carbocycles. The van der Waals surface area contributed by atoms with Gasteiger partial charge in [0, 0.05) is 38.5 Å². The van der Waals surface area contributed by atoms with Crippen LogP contribution in [0.2, 0.25) is 0 Å². The fraction of sp³-hybridized carbons (Fsp3) is 0.0909. The van der Waals surface area contributed by atoms with Crippen molar-refractivity contribution in [2.45, 2.75) is 41.5 Å². The number of fused-ring (bicyclic) bond motifs is 6. The van der Waals surface area contributed by atoms with E-state index in [1.54, 1.807) is 0 Å². The highest BCUT2D eigenvalue weighted by Crippen LogP contribution is 2.44. The van der Waals surface area contributed by atoms with E-state index in [-0.39, 0.29) is 0 Å². The van der Waals surface area contributed by atoms with Gasteiger partial charge >= 0.3 is 0 Å². The normalized spacial score (nSPS) is 11.6. The highest BCUT2D eigenvalue weighted by Gasteiger charge is 2.24. The molecule has 334 valence electrons. The Morgan fingerprint density at radius 3 is 0.929 bits per heavy atom. The lowest BCUT2D eigenvalue weighted by Gasteiger charge is -2.20.